The molecule has 9 heteroatoms. The van der Waals surface area contributed by atoms with Gasteiger partial charge in [-0.1, -0.05) is 42.5 Å². The topological polar surface area (TPSA) is 99.2 Å². The molecule has 1 amide bonds. The Morgan fingerprint density at radius 1 is 1.03 bits per heavy atom. The van der Waals surface area contributed by atoms with Gasteiger partial charge >= 0.3 is 0 Å². The van der Waals surface area contributed by atoms with Gasteiger partial charge in [-0.15, -0.1) is 15.3 Å². The normalized spacial score (nSPS) is 15.1. The lowest BCUT2D eigenvalue weighted by atomic mass is 9.85. The van der Waals surface area contributed by atoms with E-state index in [1.165, 1.54) is 11.9 Å². The number of fused-ring (bicyclic) bond motifs is 2. The largest absolute Gasteiger partial charge is 0.489 e. The van der Waals surface area contributed by atoms with E-state index >= 15 is 0 Å². The van der Waals surface area contributed by atoms with Gasteiger partial charge in [-0.05, 0) is 43.2 Å². The smallest absolute Gasteiger partial charge is 0.226 e. The molecule has 4 heterocycles. The van der Waals surface area contributed by atoms with Gasteiger partial charge in [0, 0.05) is 23.5 Å². The summed E-state index contributed by atoms with van der Waals surface area (Å²) in [7, 11) is 0. The molecule has 0 fully saturated rings. The molecule has 0 aliphatic carbocycles. The Morgan fingerprint density at radius 3 is 2.74 bits per heavy atom. The first kappa shape index (κ1) is 21.0. The molecule has 1 N–H and O–H groups in total. The second-order valence-corrected chi connectivity index (χ2v) is 8.64. The zero-order valence-electron chi connectivity index (χ0n) is 19.3. The van der Waals surface area contributed by atoms with Crippen LogP contribution in [0, 0.1) is 13.8 Å². The zero-order valence-corrected chi connectivity index (χ0v) is 19.3. The van der Waals surface area contributed by atoms with Crippen LogP contribution in [0.1, 0.15) is 40.3 Å². The molecule has 0 saturated heterocycles. The quantitative estimate of drug-likeness (QED) is 0.422. The van der Waals surface area contributed by atoms with Gasteiger partial charge in [-0.3, -0.25) is 4.79 Å². The molecular formula is C26H23N7O2. The maximum atomic E-state index is 12.9. The fourth-order valence-electron chi connectivity index (χ4n) is 4.64. The first-order valence-corrected chi connectivity index (χ1v) is 11.4. The Labute approximate surface area is 201 Å². The van der Waals surface area contributed by atoms with Gasteiger partial charge in [0.05, 0.1) is 5.69 Å². The number of aryl methyl sites for hydroxylation is 2. The van der Waals surface area contributed by atoms with Crippen molar-refractivity contribution >= 4 is 17.4 Å². The zero-order chi connectivity index (χ0) is 23.9. The van der Waals surface area contributed by atoms with Crippen LogP contribution in [0.4, 0.5) is 5.82 Å². The molecule has 0 bridgehead atoms. The molecule has 3 aromatic heterocycles. The molecule has 174 valence electrons. The number of hydrogen-bond donors (Lipinski definition) is 1. The first-order valence-electron chi connectivity index (χ1n) is 11.4. The molecule has 1 atom stereocenters. The van der Waals surface area contributed by atoms with Crippen molar-refractivity contribution in [2.75, 3.05) is 5.32 Å². The van der Waals surface area contributed by atoms with Gasteiger partial charge in [0.15, 0.2) is 11.5 Å². The predicted molar refractivity (Wildman–Crippen MR) is 130 cm³/mol. The van der Waals surface area contributed by atoms with Crippen LogP contribution in [0.25, 0.3) is 11.5 Å². The number of nitrogens with zero attached hydrogens (tertiary/aromatic N) is 6. The van der Waals surface area contributed by atoms with Crippen molar-refractivity contribution in [2.24, 2.45) is 0 Å². The number of carbonyl (C=O) groups excluding carboxylic acids is 1. The van der Waals surface area contributed by atoms with Crippen LogP contribution in [0.2, 0.25) is 0 Å². The SMILES string of the molecule is Cc1ccccc1COc1ccccc1[C@H]1CC(=O)Nc2c1c(C)nn2-c1ccc2nncn2n1. The summed E-state index contributed by atoms with van der Waals surface area (Å²) < 4.78 is 9.54. The molecule has 1 aliphatic rings. The number of amides is 1. The summed E-state index contributed by atoms with van der Waals surface area (Å²) in [6, 6.07) is 19.7. The summed E-state index contributed by atoms with van der Waals surface area (Å²) in [6.07, 6.45) is 1.84. The third-order valence-electron chi connectivity index (χ3n) is 6.41. The van der Waals surface area contributed by atoms with Crippen molar-refractivity contribution in [3.05, 3.63) is 94.9 Å². The molecule has 2 aromatic carbocycles. The maximum absolute atomic E-state index is 12.9. The molecular weight excluding hydrogens is 442 g/mol. The highest BCUT2D eigenvalue weighted by Crippen LogP contribution is 2.43. The standard InChI is InChI=1S/C26H23N7O2/c1-16-7-3-4-8-18(16)14-35-21-10-6-5-9-19(21)20-13-24(34)28-26-25(20)17(2)30-33(26)23-12-11-22-29-27-15-32(22)31-23/h3-12,15,20H,13-14H2,1-2H3,(H,28,34)/t20-/m1/s1. The van der Waals surface area contributed by atoms with E-state index in [1.54, 1.807) is 9.20 Å². The molecule has 6 rings (SSSR count). The van der Waals surface area contributed by atoms with Crippen LogP contribution in [-0.4, -0.2) is 35.5 Å². The third kappa shape index (κ3) is 3.71. The fraction of sp³-hybridized carbons (Fsp3) is 0.192. The van der Waals surface area contributed by atoms with Gasteiger partial charge in [0.25, 0.3) is 0 Å². The fourth-order valence-corrected chi connectivity index (χ4v) is 4.64. The molecule has 5 aromatic rings. The van der Waals surface area contributed by atoms with Crippen molar-refractivity contribution < 1.29 is 9.53 Å². The summed E-state index contributed by atoms with van der Waals surface area (Å²) in [6.45, 7) is 4.48. The average molecular weight is 466 g/mol. The minimum atomic E-state index is -0.195. The molecule has 0 saturated carbocycles. The van der Waals surface area contributed by atoms with Gasteiger partial charge in [-0.2, -0.15) is 14.3 Å². The first-order chi connectivity index (χ1) is 17.1. The number of hydrogen-bond acceptors (Lipinski definition) is 6. The van der Waals surface area contributed by atoms with Crippen LogP contribution >= 0.6 is 0 Å². The van der Waals surface area contributed by atoms with Crippen LogP contribution in [-0.2, 0) is 11.4 Å². The van der Waals surface area contributed by atoms with Crippen LogP contribution in [0.3, 0.4) is 0 Å². The Hall–Kier alpha value is -4.53. The third-order valence-corrected chi connectivity index (χ3v) is 6.41. The van der Waals surface area contributed by atoms with Crippen LogP contribution in [0.5, 0.6) is 5.75 Å². The van der Waals surface area contributed by atoms with Crippen molar-refractivity contribution in [3.8, 4) is 11.6 Å². The lowest BCUT2D eigenvalue weighted by Gasteiger charge is -2.26. The Kier molecular flexibility index (Phi) is 5.02. The Morgan fingerprint density at radius 2 is 1.86 bits per heavy atom. The van der Waals surface area contributed by atoms with E-state index in [4.69, 9.17) is 9.84 Å². The molecule has 9 nitrogen and oxygen atoms in total. The number of anilines is 1. The summed E-state index contributed by atoms with van der Waals surface area (Å²) in [5.74, 6) is 1.67. The van der Waals surface area contributed by atoms with E-state index in [9.17, 15) is 4.79 Å². The predicted octanol–water partition coefficient (Wildman–Crippen LogP) is 3.98. The van der Waals surface area contributed by atoms with E-state index in [0.717, 1.165) is 28.1 Å². The van der Waals surface area contributed by atoms with Crippen molar-refractivity contribution in [1.29, 1.82) is 0 Å². The molecule has 35 heavy (non-hydrogen) atoms. The van der Waals surface area contributed by atoms with E-state index in [-0.39, 0.29) is 11.8 Å². The summed E-state index contributed by atoms with van der Waals surface area (Å²) in [4.78, 5) is 12.9. The second-order valence-electron chi connectivity index (χ2n) is 8.64. The van der Waals surface area contributed by atoms with Gasteiger partial charge < -0.3 is 10.1 Å². The van der Waals surface area contributed by atoms with E-state index < -0.39 is 0 Å². The summed E-state index contributed by atoms with van der Waals surface area (Å²) in [5, 5.41) is 20.2. The number of nitrogens with one attached hydrogen (secondary N) is 1. The van der Waals surface area contributed by atoms with Gasteiger partial charge in [0.1, 0.15) is 24.5 Å². The van der Waals surface area contributed by atoms with E-state index in [2.05, 4.69) is 39.7 Å². The molecule has 0 spiro atoms. The minimum absolute atomic E-state index is 0.0808. The van der Waals surface area contributed by atoms with Gasteiger partial charge in [0.2, 0.25) is 5.91 Å². The van der Waals surface area contributed by atoms with Crippen LogP contribution < -0.4 is 10.1 Å². The highest BCUT2D eigenvalue weighted by molar-refractivity contribution is 5.95. The monoisotopic (exact) mass is 465 g/mol. The van der Waals surface area contributed by atoms with Crippen molar-refractivity contribution in [1.82, 2.24) is 29.6 Å². The highest BCUT2D eigenvalue weighted by atomic mass is 16.5. The molecule has 1 aliphatic heterocycles. The Balaban J connectivity index is 1.40. The lowest BCUT2D eigenvalue weighted by molar-refractivity contribution is -0.116. The minimum Gasteiger partial charge on any atom is -0.489 e. The van der Waals surface area contributed by atoms with Gasteiger partial charge in [-0.25, -0.2) is 0 Å². The Bertz CT molecular complexity index is 1570. The number of ether oxygens (including phenoxy) is 1. The van der Waals surface area contributed by atoms with E-state index in [0.29, 0.717) is 30.3 Å². The molecule has 0 unspecified atom stereocenters. The lowest BCUT2D eigenvalue weighted by Crippen LogP contribution is -2.25. The highest BCUT2D eigenvalue weighted by Gasteiger charge is 2.34. The van der Waals surface area contributed by atoms with Crippen LogP contribution in [0.15, 0.2) is 67.0 Å². The number of rotatable bonds is 5. The average Bonchev–Trinajstić information content (AvgIpc) is 3.47. The summed E-state index contributed by atoms with van der Waals surface area (Å²) >= 11 is 0. The summed E-state index contributed by atoms with van der Waals surface area (Å²) in [5.41, 5.74) is 5.68. The molecule has 0 radical (unpaired) electrons. The number of benzene rings is 2. The van der Waals surface area contributed by atoms with Crippen molar-refractivity contribution in [2.45, 2.75) is 32.8 Å². The number of carbonyl (C=O) groups is 1. The van der Waals surface area contributed by atoms with Crippen molar-refractivity contribution in [3.63, 3.8) is 0 Å². The number of aromatic nitrogens is 6. The number of para-hydroxylation sites is 1. The maximum Gasteiger partial charge on any atom is 0.226 e. The second kappa shape index (κ2) is 8.35. The van der Waals surface area contributed by atoms with E-state index in [1.807, 2.05) is 55.5 Å².